The first-order valence-electron chi connectivity index (χ1n) is 6.34. The minimum Gasteiger partial charge on any atom is -0.461 e. The Balaban J connectivity index is 3.16. The number of nitrogens with one attached hydrogen (secondary N) is 1. The van der Waals surface area contributed by atoms with Gasteiger partial charge in [-0.2, -0.15) is 0 Å². The molecule has 0 bridgehead atoms. The van der Waals surface area contributed by atoms with Gasteiger partial charge in [0.1, 0.15) is 5.69 Å². The summed E-state index contributed by atoms with van der Waals surface area (Å²) in [6.45, 7) is 9.56. The van der Waals surface area contributed by atoms with Crippen molar-refractivity contribution in [3.8, 4) is 0 Å². The second kappa shape index (κ2) is 5.85. The molecular formula is C14H21NO3. The first-order chi connectivity index (χ1) is 8.43. The van der Waals surface area contributed by atoms with E-state index >= 15 is 0 Å². The zero-order valence-corrected chi connectivity index (χ0v) is 11.7. The Morgan fingerprint density at radius 1 is 1.28 bits per heavy atom. The van der Waals surface area contributed by atoms with Crippen molar-refractivity contribution in [3.05, 3.63) is 22.5 Å². The second-order valence-corrected chi connectivity index (χ2v) is 4.52. The molecule has 0 unspecified atom stereocenters. The van der Waals surface area contributed by atoms with E-state index in [1.54, 1.807) is 13.8 Å². The molecule has 0 saturated heterocycles. The highest BCUT2D eigenvalue weighted by molar-refractivity contribution is 6.03. The minimum absolute atomic E-state index is 0.0340. The number of hydrogen-bond donors (Lipinski definition) is 1. The molecule has 1 rings (SSSR count). The molecule has 1 heterocycles. The number of Topliss-reactive ketones (excluding diaryl/α,β-unsaturated/α-hetero) is 1. The van der Waals surface area contributed by atoms with Crippen LogP contribution in [-0.2, 0) is 4.74 Å². The molecule has 0 aromatic carbocycles. The number of aryl methyl sites for hydroxylation is 1. The topological polar surface area (TPSA) is 59.2 Å². The van der Waals surface area contributed by atoms with Gasteiger partial charge in [0.25, 0.3) is 0 Å². The van der Waals surface area contributed by atoms with Crippen molar-refractivity contribution < 1.29 is 14.3 Å². The van der Waals surface area contributed by atoms with Gasteiger partial charge < -0.3 is 9.72 Å². The first kappa shape index (κ1) is 14.5. The highest BCUT2D eigenvalue weighted by atomic mass is 16.5. The molecule has 0 spiro atoms. The first-order valence-corrected chi connectivity index (χ1v) is 6.34. The fourth-order valence-corrected chi connectivity index (χ4v) is 1.96. The molecule has 0 saturated carbocycles. The number of aromatic amines is 1. The van der Waals surface area contributed by atoms with E-state index in [9.17, 15) is 9.59 Å². The Bertz CT molecular complexity index is 460. The van der Waals surface area contributed by atoms with E-state index in [1.165, 1.54) is 0 Å². The van der Waals surface area contributed by atoms with Crippen LogP contribution in [0.1, 0.15) is 59.3 Å². The quantitative estimate of drug-likeness (QED) is 0.646. The largest absolute Gasteiger partial charge is 0.461 e. The van der Waals surface area contributed by atoms with E-state index in [4.69, 9.17) is 4.74 Å². The Labute approximate surface area is 108 Å². The fourth-order valence-electron chi connectivity index (χ4n) is 1.96. The van der Waals surface area contributed by atoms with Crippen molar-refractivity contribution in [3.63, 3.8) is 0 Å². The molecule has 1 N–H and O–H groups in total. The van der Waals surface area contributed by atoms with E-state index in [0.717, 1.165) is 12.1 Å². The highest BCUT2D eigenvalue weighted by Crippen LogP contribution is 2.23. The molecule has 1 aromatic rings. The number of hydrogen-bond acceptors (Lipinski definition) is 3. The van der Waals surface area contributed by atoms with Gasteiger partial charge in [-0.3, -0.25) is 4.79 Å². The molecule has 0 fully saturated rings. The van der Waals surface area contributed by atoms with Gasteiger partial charge in [-0.05, 0) is 32.8 Å². The molecular weight excluding hydrogens is 230 g/mol. The lowest BCUT2D eigenvalue weighted by Crippen LogP contribution is -2.12. The van der Waals surface area contributed by atoms with Gasteiger partial charge in [0, 0.05) is 17.2 Å². The third-order valence-corrected chi connectivity index (χ3v) is 3.22. The molecule has 0 aliphatic carbocycles. The van der Waals surface area contributed by atoms with Gasteiger partial charge >= 0.3 is 5.97 Å². The summed E-state index contributed by atoms with van der Waals surface area (Å²) >= 11 is 0. The predicted octanol–water partition coefficient (Wildman–Crippen LogP) is 3.04. The molecule has 0 aliphatic heterocycles. The Morgan fingerprint density at radius 3 is 2.39 bits per heavy atom. The summed E-state index contributed by atoms with van der Waals surface area (Å²) in [5, 5.41) is 0. The summed E-state index contributed by atoms with van der Waals surface area (Å²) in [6.07, 6.45) is 0.789. The van der Waals surface area contributed by atoms with Crippen LogP contribution < -0.4 is 0 Å². The third-order valence-electron chi connectivity index (χ3n) is 3.22. The third kappa shape index (κ3) is 2.63. The van der Waals surface area contributed by atoms with Crippen LogP contribution in [0.4, 0.5) is 0 Å². The normalized spacial score (nSPS) is 12.3. The minimum atomic E-state index is -0.402. The van der Waals surface area contributed by atoms with Crippen molar-refractivity contribution in [1.29, 1.82) is 0 Å². The number of aromatic nitrogens is 1. The van der Waals surface area contributed by atoms with Crippen molar-refractivity contribution in [1.82, 2.24) is 4.98 Å². The molecule has 0 amide bonds. The number of esters is 1. The summed E-state index contributed by atoms with van der Waals surface area (Å²) in [5.74, 6) is -0.353. The average Bonchev–Trinajstić information content (AvgIpc) is 2.63. The zero-order valence-electron chi connectivity index (χ0n) is 11.7. The second-order valence-electron chi connectivity index (χ2n) is 4.52. The molecule has 4 nitrogen and oxygen atoms in total. The lowest BCUT2D eigenvalue weighted by Gasteiger charge is -2.08. The number of ether oxygens (including phenoxy) is 1. The number of carbonyl (C=O) groups excluding carboxylic acids is 2. The maximum Gasteiger partial charge on any atom is 0.355 e. The van der Waals surface area contributed by atoms with Gasteiger partial charge in [-0.1, -0.05) is 13.8 Å². The Hall–Kier alpha value is -1.58. The van der Waals surface area contributed by atoms with Gasteiger partial charge in [-0.25, -0.2) is 4.79 Å². The van der Waals surface area contributed by atoms with Crippen LogP contribution in [0.15, 0.2) is 0 Å². The SMILES string of the molecule is CCOC(=O)c1[nH]c(C)c(C(=O)[C@@H](C)CC)c1C. The lowest BCUT2D eigenvalue weighted by atomic mass is 9.94. The van der Waals surface area contributed by atoms with E-state index < -0.39 is 5.97 Å². The summed E-state index contributed by atoms with van der Waals surface area (Å²) < 4.78 is 4.96. The summed E-state index contributed by atoms with van der Waals surface area (Å²) in [6, 6.07) is 0. The van der Waals surface area contributed by atoms with E-state index in [1.807, 2.05) is 20.8 Å². The molecule has 18 heavy (non-hydrogen) atoms. The molecule has 100 valence electrons. The molecule has 0 aliphatic rings. The molecule has 1 atom stereocenters. The lowest BCUT2D eigenvalue weighted by molar-refractivity contribution is 0.0519. The Kier molecular flexibility index (Phi) is 4.70. The molecule has 1 aromatic heterocycles. The van der Waals surface area contributed by atoms with E-state index in [-0.39, 0.29) is 11.7 Å². The average molecular weight is 251 g/mol. The van der Waals surface area contributed by atoms with Gasteiger partial charge in [0.05, 0.1) is 6.61 Å². The van der Waals surface area contributed by atoms with Crippen LogP contribution in [0.2, 0.25) is 0 Å². The van der Waals surface area contributed by atoms with Gasteiger partial charge in [0.15, 0.2) is 5.78 Å². The number of H-pyrrole nitrogens is 1. The van der Waals surface area contributed by atoms with E-state index in [2.05, 4.69) is 4.98 Å². The van der Waals surface area contributed by atoms with Crippen molar-refractivity contribution in [2.45, 2.75) is 41.0 Å². The molecule has 0 radical (unpaired) electrons. The Morgan fingerprint density at radius 2 is 1.89 bits per heavy atom. The van der Waals surface area contributed by atoms with Crippen LogP contribution in [0.3, 0.4) is 0 Å². The summed E-state index contributed by atoms with van der Waals surface area (Å²) in [7, 11) is 0. The van der Waals surface area contributed by atoms with Gasteiger partial charge in [0.2, 0.25) is 0 Å². The number of rotatable bonds is 5. The monoisotopic (exact) mass is 251 g/mol. The summed E-state index contributed by atoms with van der Waals surface area (Å²) in [4.78, 5) is 26.9. The smallest absolute Gasteiger partial charge is 0.355 e. The number of carbonyl (C=O) groups is 2. The maximum atomic E-state index is 12.2. The fraction of sp³-hybridized carbons (Fsp3) is 0.571. The molecule has 4 heteroatoms. The maximum absolute atomic E-state index is 12.2. The van der Waals surface area contributed by atoms with Gasteiger partial charge in [-0.15, -0.1) is 0 Å². The predicted molar refractivity (Wildman–Crippen MR) is 70.0 cm³/mol. The standard InChI is InChI=1S/C14H21NO3/c1-6-8(3)13(16)11-9(4)12(15-10(11)5)14(17)18-7-2/h8,15H,6-7H2,1-5H3/t8-/m0/s1. The highest BCUT2D eigenvalue weighted by Gasteiger charge is 2.24. The van der Waals surface area contributed by atoms with Crippen LogP contribution in [0.5, 0.6) is 0 Å². The van der Waals surface area contributed by atoms with Crippen LogP contribution in [0.25, 0.3) is 0 Å². The van der Waals surface area contributed by atoms with E-state index in [0.29, 0.717) is 23.4 Å². The van der Waals surface area contributed by atoms with Crippen LogP contribution in [0, 0.1) is 19.8 Å². The van der Waals surface area contributed by atoms with Crippen molar-refractivity contribution in [2.24, 2.45) is 5.92 Å². The summed E-state index contributed by atoms with van der Waals surface area (Å²) in [5.41, 5.74) is 2.45. The number of ketones is 1. The van der Waals surface area contributed by atoms with Crippen LogP contribution >= 0.6 is 0 Å². The van der Waals surface area contributed by atoms with Crippen LogP contribution in [-0.4, -0.2) is 23.3 Å². The zero-order chi connectivity index (χ0) is 13.9. The van der Waals surface area contributed by atoms with Crippen molar-refractivity contribution in [2.75, 3.05) is 6.61 Å². The van der Waals surface area contributed by atoms with Crippen molar-refractivity contribution >= 4 is 11.8 Å².